The molecule has 0 saturated carbocycles. The molecule has 0 fully saturated rings. The summed E-state index contributed by atoms with van der Waals surface area (Å²) in [5, 5.41) is 0. The lowest BCUT2D eigenvalue weighted by atomic mass is 10.3. The van der Waals surface area contributed by atoms with Crippen LogP contribution in [0.1, 0.15) is 16.2 Å². The van der Waals surface area contributed by atoms with Gasteiger partial charge in [-0.1, -0.05) is 0 Å². The molecule has 5 heteroatoms. The van der Waals surface area contributed by atoms with E-state index in [1.54, 1.807) is 6.92 Å². The maximum atomic E-state index is 11.8. The second kappa shape index (κ2) is 3.93. The molecule has 1 rings (SSSR count). The van der Waals surface area contributed by atoms with Crippen molar-refractivity contribution in [1.29, 1.82) is 0 Å². The summed E-state index contributed by atoms with van der Waals surface area (Å²) in [5.74, 6) is -0.199. The van der Waals surface area contributed by atoms with E-state index in [1.807, 2.05) is 0 Å². The van der Waals surface area contributed by atoms with E-state index < -0.39 is 6.61 Å². The summed E-state index contributed by atoms with van der Waals surface area (Å²) in [5.41, 5.74) is 0.462. The molecule has 0 spiro atoms. The van der Waals surface area contributed by atoms with Crippen molar-refractivity contribution in [2.75, 3.05) is 0 Å². The average molecular weight is 187 g/mol. The fourth-order valence-corrected chi connectivity index (χ4v) is 0.844. The molecule has 0 aliphatic carbocycles. The molecule has 13 heavy (non-hydrogen) atoms. The van der Waals surface area contributed by atoms with Crippen LogP contribution in [-0.4, -0.2) is 17.9 Å². The van der Waals surface area contributed by atoms with E-state index >= 15 is 0 Å². The number of aldehydes is 1. The molecule has 1 heterocycles. The highest BCUT2D eigenvalue weighted by molar-refractivity contribution is 5.76. The van der Waals surface area contributed by atoms with Gasteiger partial charge in [-0.3, -0.25) is 4.79 Å². The molecular formula is C8H7F2NO2. The monoisotopic (exact) mass is 187 g/mol. The summed E-state index contributed by atoms with van der Waals surface area (Å²) in [4.78, 5) is 14.1. The molecule has 0 aliphatic rings. The van der Waals surface area contributed by atoms with E-state index in [0.29, 0.717) is 12.0 Å². The van der Waals surface area contributed by atoms with Crippen LogP contribution in [0.25, 0.3) is 0 Å². The van der Waals surface area contributed by atoms with Gasteiger partial charge in [0.05, 0.1) is 0 Å². The SMILES string of the molecule is Cc1ccc(OC(F)F)c(C=O)n1. The third-order valence-electron chi connectivity index (χ3n) is 1.35. The lowest BCUT2D eigenvalue weighted by Crippen LogP contribution is -2.05. The van der Waals surface area contributed by atoms with Gasteiger partial charge in [0.25, 0.3) is 0 Å². The highest BCUT2D eigenvalue weighted by atomic mass is 19.3. The number of pyridine rings is 1. The first-order valence-electron chi connectivity index (χ1n) is 3.51. The summed E-state index contributed by atoms with van der Waals surface area (Å²) in [7, 11) is 0. The van der Waals surface area contributed by atoms with Gasteiger partial charge in [-0.05, 0) is 19.1 Å². The number of nitrogens with zero attached hydrogens (tertiary/aromatic N) is 1. The number of aryl methyl sites for hydroxylation is 1. The third-order valence-corrected chi connectivity index (χ3v) is 1.35. The second-order valence-corrected chi connectivity index (χ2v) is 2.33. The van der Waals surface area contributed by atoms with Crippen molar-refractivity contribution < 1.29 is 18.3 Å². The Hall–Kier alpha value is -1.52. The van der Waals surface area contributed by atoms with Crippen LogP contribution in [0.4, 0.5) is 8.78 Å². The molecule has 0 amide bonds. The summed E-state index contributed by atoms with van der Waals surface area (Å²) < 4.78 is 27.6. The minimum Gasteiger partial charge on any atom is -0.432 e. The van der Waals surface area contributed by atoms with Crippen molar-refractivity contribution in [3.05, 3.63) is 23.5 Å². The zero-order chi connectivity index (χ0) is 9.84. The van der Waals surface area contributed by atoms with E-state index in [-0.39, 0.29) is 11.4 Å². The van der Waals surface area contributed by atoms with Crippen LogP contribution in [0.5, 0.6) is 5.75 Å². The number of carbonyl (C=O) groups excluding carboxylic acids is 1. The molecular weight excluding hydrogens is 180 g/mol. The van der Waals surface area contributed by atoms with Gasteiger partial charge in [0.2, 0.25) is 0 Å². The zero-order valence-corrected chi connectivity index (χ0v) is 6.83. The molecule has 3 nitrogen and oxygen atoms in total. The fourth-order valence-electron chi connectivity index (χ4n) is 0.844. The van der Waals surface area contributed by atoms with Gasteiger partial charge >= 0.3 is 6.61 Å². The molecule has 0 unspecified atom stereocenters. The minimum absolute atomic E-state index is 0.111. The first kappa shape index (κ1) is 9.57. The van der Waals surface area contributed by atoms with Crippen molar-refractivity contribution >= 4 is 6.29 Å². The summed E-state index contributed by atoms with van der Waals surface area (Å²) in [6.45, 7) is -1.29. The van der Waals surface area contributed by atoms with Crippen LogP contribution in [0.2, 0.25) is 0 Å². The van der Waals surface area contributed by atoms with Crippen LogP contribution in [0, 0.1) is 6.92 Å². The molecule has 1 aromatic heterocycles. The molecule has 0 aromatic carbocycles. The highest BCUT2D eigenvalue weighted by Crippen LogP contribution is 2.17. The first-order valence-corrected chi connectivity index (χ1v) is 3.51. The molecule has 0 aliphatic heterocycles. The van der Waals surface area contributed by atoms with Gasteiger partial charge in [-0.25, -0.2) is 4.98 Å². The van der Waals surface area contributed by atoms with Gasteiger partial charge in [0.1, 0.15) is 5.69 Å². The van der Waals surface area contributed by atoms with Gasteiger partial charge < -0.3 is 4.74 Å². The second-order valence-electron chi connectivity index (χ2n) is 2.33. The number of hydrogen-bond donors (Lipinski definition) is 0. The first-order chi connectivity index (χ1) is 6.13. The molecule has 1 aromatic rings. The van der Waals surface area contributed by atoms with E-state index in [4.69, 9.17) is 0 Å². The molecule has 0 saturated heterocycles. The Bertz CT molecular complexity index is 315. The van der Waals surface area contributed by atoms with Crippen molar-refractivity contribution in [3.8, 4) is 5.75 Å². The topological polar surface area (TPSA) is 39.2 Å². The Labute approximate surface area is 73.4 Å². The Morgan fingerprint density at radius 1 is 1.54 bits per heavy atom. The predicted molar refractivity (Wildman–Crippen MR) is 41.0 cm³/mol. The molecule has 0 N–H and O–H groups in total. The Morgan fingerprint density at radius 2 is 2.23 bits per heavy atom. The summed E-state index contributed by atoms with van der Waals surface area (Å²) in [6.07, 6.45) is 0.380. The van der Waals surface area contributed by atoms with E-state index in [2.05, 4.69) is 9.72 Å². The standard InChI is InChI=1S/C8H7F2NO2/c1-5-2-3-7(13-8(9)10)6(4-12)11-5/h2-4,8H,1H3. The number of carbonyl (C=O) groups is 1. The maximum Gasteiger partial charge on any atom is 0.387 e. The number of aromatic nitrogens is 1. The number of halogens is 2. The fraction of sp³-hybridized carbons (Fsp3) is 0.250. The molecule has 70 valence electrons. The lowest BCUT2D eigenvalue weighted by Gasteiger charge is -2.05. The van der Waals surface area contributed by atoms with Crippen LogP contribution in [0.15, 0.2) is 12.1 Å². The Morgan fingerprint density at radius 3 is 2.77 bits per heavy atom. The minimum atomic E-state index is -2.94. The number of ether oxygens (including phenoxy) is 1. The van der Waals surface area contributed by atoms with E-state index in [9.17, 15) is 13.6 Å². The predicted octanol–water partition coefficient (Wildman–Crippen LogP) is 1.80. The van der Waals surface area contributed by atoms with Crippen LogP contribution in [-0.2, 0) is 0 Å². The van der Waals surface area contributed by atoms with E-state index in [0.717, 1.165) is 0 Å². The number of rotatable bonds is 3. The van der Waals surface area contributed by atoms with Gasteiger partial charge in [0, 0.05) is 5.69 Å². The smallest absolute Gasteiger partial charge is 0.387 e. The Kier molecular flexibility index (Phi) is 2.89. The molecule has 0 atom stereocenters. The van der Waals surface area contributed by atoms with Crippen LogP contribution < -0.4 is 4.74 Å². The van der Waals surface area contributed by atoms with Gasteiger partial charge in [0.15, 0.2) is 12.0 Å². The Balaban J connectivity index is 2.99. The largest absolute Gasteiger partial charge is 0.432 e. The number of hydrogen-bond acceptors (Lipinski definition) is 3. The van der Waals surface area contributed by atoms with Gasteiger partial charge in [-0.15, -0.1) is 0 Å². The van der Waals surface area contributed by atoms with Crippen molar-refractivity contribution in [2.24, 2.45) is 0 Å². The highest BCUT2D eigenvalue weighted by Gasteiger charge is 2.09. The normalized spacial score (nSPS) is 10.2. The van der Waals surface area contributed by atoms with E-state index in [1.165, 1.54) is 12.1 Å². The molecule has 0 radical (unpaired) electrons. The van der Waals surface area contributed by atoms with Crippen LogP contribution in [0.3, 0.4) is 0 Å². The quantitative estimate of drug-likeness (QED) is 0.677. The third kappa shape index (κ3) is 2.47. The summed E-state index contributed by atoms with van der Waals surface area (Å²) >= 11 is 0. The lowest BCUT2D eigenvalue weighted by molar-refractivity contribution is -0.0503. The maximum absolute atomic E-state index is 11.8. The van der Waals surface area contributed by atoms with Crippen molar-refractivity contribution in [2.45, 2.75) is 13.5 Å². The summed E-state index contributed by atoms with van der Waals surface area (Å²) in [6, 6.07) is 2.78. The van der Waals surface area contributed by atoms with Crippen LogP contribution >= 0.6 is 0 Å². The average Bonchev–Trinajstić information content (AvgIpc) is 2.07. The van der Waals surface area contributed by atoms with Gasteiger partial charge in [-0.2, -0.15) is 8.78 Å². The zero-order valence-electron chi connectivity index (χ0n) is 6.83. The van der Waals surface area contributed by atoms with Crippen molar-refractivity contribution in [3.63, 3.8) is 0 Å². The number of alkyl halides is 2. The molecule has 0 bridgehead atoms. The van der Waals surface area contributed by atoms with Crippen molar-refractivity contribution in [1.82, 2.24) is 4.98 Å².